The van der Waals surface area contributed by atoms with E-state index in [1.807, 2.05) is 18.2 Å². The minimum Gasteiger partial charge on any atom is -0.493 e. The van der Waals surface area contributed by atoms with Gasteiger partial charge in [-0.3, -0.25) is 0 Å². The summed E-state index contributed by atoms with van der Waals surface area (Å²) in [6, 6.07) is 5.84. The van der Waals surface area contributed by atoms with E-state index in [4.69, 9.17) is 15.2 Å². The summed E-state index contributed by atoms with van der Waals surface area (Å²) in [5, 5.41) is 0. The summed E-state index contributed by atoms with van der Waals surface area (Å²) in [6.07, 6.45) is 3.05. The molecule has 3 nitrogen and oxygen atoms in total. The van der Waals surface area contributed by atoms with E-state index in [0.29, 0.717) is 6.54 Å². The van der Waals surface area contributed by atoms with Crippen LogP contribution < -0.4 is 15.2 Å². The van der Waals surface area contributed by atoms with Gasteiger partial charge in [-0.15, -0.1) is 0 Å². The van der Waals surface area contributed by atoms with Crippen LogP contribution in [-0.2, 0) is 0 Å². The number of rotatable bonds is 5. The fourth-order valence-electron chi connectivity index (χ4n) is 1.48. The van der Waals surface area contributed by atoms with Gasteiger partial charge in [-0.1, -0.05) is 24.6 Å². The largest absolute Gasteiger partial charge is 0.493 e. The molecule has 0 aliphatic rings. The topological polar surface area (TPSA) is 44.5 Å². The standard InChI is InChI=1S/C13H19NO2/c1-4-10(9-14)7-11-5-6-12(15-2)13(8-11)16-3/h5-8H,4,9,14H2,1-3H3. The highest BCUT2D eigenvalue weighted by Gasteiger charge is 2.03. The van der Waals surface area contributed by atoms with Crippen molar-refractivity contribution >= 4 is 6.08 Å². The number of methoxy groups -OCH3 is 2. The molecule has 3 heteroatoms. The Morgan fingerprint density at radius 2 is 1.94 bits per heavy atom. The van der Waals surface area contributed by atoms with Gasteiger partial charge in [-0.05, 0) is 24.1 Å². The van der Waals surface area contributed by atoms with Crippen LogP contribution in [0.1, 0.15) is 18.9 Å². The Labute approximate surface area is 96.9 Å². The van der Waals surface area contributed by atoms with Crippen LogP contribution in [0.5, 0.6) is 11.5 Å². The smallest absolute Gasteiger partial charge is 0.161 e. The Morgan fingerprint density at radius 1 is 1.25 bits per heavy atom. The molecule has 1 rings (SSSR count). The van der Waals surface area contributed by atoms with Gasteiger partial charge in [0.1, 0.15) is 0 Å². The lowest BCUT2D eigenvalue weighted by atomic mass is 10.1. The molecule has 0 unspecified atom stereocenters. The molecule has 0 saturated carbocycles. The van der Waals surface area contributed by atoms with Crippen LogP contribution >= 0.6 is 0 Å². The van der Waals surface area contributed by atoms with Crippen LogP contribution in [0, 0.1) is 0 Å². The molecule has 0 aromatic heterocycles. The van der Waals surface area contributed by atoms with Crippen LogP contribution in [0.25, 0.3) is 6.08 Å². The highest BCUT2D eigenvalue weighted by Crippen LogP contribution is 2.28. The maximum atomic E-state index is 5.63. The summed E-state index contributed by atoms with van der Waals surface area (Å²) in [5.41, 5.74) is 7.93. The lowest BCUT2D eigenvalue weighted by Gasteiger charge is -2.08. The number of ether oxygens (including phenoxy) is 2. The summed E-state index contributed by atoms with van der Waals surface area (Å²) in [7, 11) is 3.26. The van der Waals surface area contributed by atoms with E-state index in [0.717, 1.165) is 23.5 Å². The second kappa shape index (κ2) is 6.18. The number of hydrogen-bond acceptors (Lipinski definition) is 3. The molecule has 0 spiro atoms. The zero-order valence-electron chi connectivity index (χ0n) is 10.1. The summed E-state index contributed by atoms with van der Waals surface area (Å²) in [5.74, 6) is 1.48. The minimum absolute atomic E-state index is 0.588. The average molecular weight is 221 g/mol. The van der Waals surface area contributed by atoms with Gasteiger partial charge in [0.2, 0.25) is 0 Å². The van der Waals surface area contributed by atoms with E-state index < -0.39 is 0 Å². The van der Waals surface area contributed by atoms with Crippen molar-refractivity contribution in [3.63, 3.8) is 0 Å². The molecular weight excluding hydrogens is 202 g/mol. The molecule has 0 aliphatic carbocycles. The summed E-state index contributed by atoms with van der Waals surface area (Å²) in [6.45, 7) is 2.68. The van der Waals surface area contributed by atoms with Crippen LogP contribution in [0.4, 0.5) is 0 Å². The van der Waals surface area contributed by atoms with Gasteiger partial charge in [-0.25, -0.2) is 0 Å². The fourth-order valence-corrected chi connectivity index (χ4v) is 1.48. The first-order valence-corrected chi connectivity index (χ1v) is 5.36. The predicted octanol–water partition coefficient (Wildman–Crippen LogP) is 2.46. The molecule has 2 N–H and O–H groups in total. The summed E-state index contributed by atoms with van der Waals surface area (Å²) in [4.78, 5) is 0. The zero-order valence-corrected chi connectivity index (χ0v) is 10.1. The van der Waals surface area contributed by atoms with Crippen LogP contribution in [0.15, 0.2) is 23.8 Å². The van der Waals surface area contributed by atoms with Crippen LogP contribution in [-0.4, -0.2) is 20.8 Å². The molecule has 1 aromatic rings. The first-order valence-electron chi connectivity index (χ1n) is 5.36. The van der Waals surface area contributed by atoms with Crippen molar-refractivity contribution < 1.29 is 9.47 Å². The molecular formula is C13H19NO2. The molecule has 0 saturated heterocycles. The van der Waals surface area contributed by atoms with E-state index in [2.05, 4.69) is 13.0 Å². The molecule has 88 valence electrons. The van der Waals surface area contributed by atoms with Gasteiger partial charge in [0.25, 0.3) is 0 Å². The molecule has 0 amide bonds. The van der Waals surface area contributed by atoms with Crippen molar-refractivity contribution in [2.24, 2.45) is 5.73 Å². The predicted molar refractivity (Wildman–Crippen MR) is 66.9 cm³/mol. The molecule has 1 aromatic carbocycles. The van der Waals surface area contributed by atoms with Gasteiger partial charge < -0.3 is 15.2 Å². The maximum Gasteiger partial charge on any atom is 0.161 e. The first kappa shape index (κ1) is 12.6. The summed E-state index contributed by atoms with van der Waals surface area (Å²) >= 11 is 0. The molecule has 0 fully saturated rings. The van der Waals surface area contributed by atoms with E-state index in [9.17, 15) is 0 Å². The van der Waals surface area contributed by atoms with Crippen molar-refractivity contribution in [2.75, 3.05) is 20.8 Å². The van der Waals surface area contributed by atoms with Gasteiger partial charge in [0.15, 0.2) is 11.5 Å². The third-order valence-corrected chi connectivity index (χ3v) is 2.49. The molecule has 16 heavy (non-hydrogen) atoms. The molecule has 0 radical (unpaired) electrons. The third-order valence-electron chi connectivity index (χ3n) is 2.49. The van der Waals surface area contributed by atoms with Gasteiger partial charge >= 0.3 is 0 Å². The van der Waals surface area contributed by atoms with Gasteiger partial charge in [-0.2, -0.15) is 0 Å². The third kappa shape index (κ3) is 3.00. The SMILES string of the molecule is CCC(=Cc1ccc(OC)c(OC)c1)CN. The second-order valence-electron chi connectivity index (χ2n) is 3.47. The Bertz CT molecular complexity index is 366. The number of nitrogens with two attached hydrogens (primary N) is 1. The number of hydrogen-bond donors (Lipinski definition) is 1. The Balaban J connectivity index is 3.03. The van der Waals surface area contributed by atoms with E-state index >= 15 is 0 Å². The lowest BCUT2D eigenvalue weighted by Crippen LogP contribution is -2.01. The van der Waals surface area contributed by atoms with Crippen molar-refractivity contribution in [1.82, 2.24) is 0 Å². The summed E-state index contributed by atoms with van der Waals surface area (Å²) < 4.78 is 10.4. The average Bonchev–Trinajstić information content (AvgIpc) is 2.35. The molecule has 0 atom stereocenters. The zero-order chi connectivity index (χ0) is 12.0. The normalized spacial score (nSPS) is 11.4. The van der Waals surface area contributed by atoms with Crippen LogP contribution in [0.2, 0.25) is 0 Å². The highest BCUT2D eigenvalue weighted by atomic mass is 16.5. The molecule has 0 aliphatic heterocycles. The van der Waals surface area contributed by atoms with E-state index in [-0.39, 0.29) is 0 Å². The fraction of sp³-hybridized carbons (Fsp3) is 0.385. The van der Waals surface area contributed by atoms with Crippen molar-refractivity contribution in [3.05, 3.63) is 29.3 Å². The maximum absolute atomic E-state index is 5.63. The first-order chi connectivity index (χ1) is 7.74. The Morgan fingerprint density at radius 3 is 2.44 bits per heavy atom. The Kier molecular flexibility index (Phi) is 4.86. The minimum atomic E-state index is 0.588. The van der Waals surface area contributed by atoms with Crippen molar-refractivity contribution in [3.8, 4) is 11.5 Å². The van der Waals surface area contributed by atoms with E-state index in [1.54, 1.807) is 14.2 Å². The second-order valence-corrected chi connectivity index (χ2v) is 3.47. The molecule has 0 bridgehead atoms. The Hall–Kier alpha value is -1.48. The van der Waals surface area contributed by atoms with Gasteiger partial charge in [0.05, 0.1) is 14.2 Å². The van der Waals surface area contributed by atoms with Crippen molar-refractivity contribution in [2.45, 2.75) is 13.3 Å². The van der Waals surface area contributed by atoms with Crippen LogP contribution in [0.3, 0.4) is 0 Å². The monoisotopic (exact) mass is 221 g/mol. The van der Waals surface area contributed by atoms with E-state index in [1.165, 1.54) is 5.57 Å². The quantitative estimate of drug-likeness (QED) is 0.830. The van der Waals surface area contributed by atoms with Gasteiger partial charge in [0, 0.05) is 6.54 Å². The van der Waals surface area contributed by atoms with Crippen molar-refractivity contribution in [1.29, 1.82) is 0 Å². The number of benzene rings is 1. The lowest BCUT2D eigenvalue weighted by molar-refractivity contribution is 0.355. The highest BCUT2D eigenvalue weighted by molar-refractivity contribution is 5.58. The molecule has 0 heterocycles.